The van der Waals surface area contributed by atoms with Gasteiger partial charge >= 0.3 is 0 Å². The number of rotatable bonds is 6. The van der Waals surface area contributed by atoms with Crippen molar-refractivity contribution in [2.75, 3.05) is 5.32 Å². The van der Waals surface area contributed by atoms with Crippen molar-refractivity contribution in [1.29, 1.82) is 0 Å². The van der Waals surface area contributed by atoms with E-state index in [1.165, 1.54) is 0 Å². The number of ether oxygens (including phenoxy) is 1. The zero-order valence-electron chi connectivity index (χ0n) is 17.8. The molecule has 0 spiro atoms. The summed E-state index contributed by atoms with van der Waals surface area (Å²) in [6.45, 7) is 4.53. The standard InChI is InChI=1S/C23H20N4O2.C2H6/c28-22(18-8-9-18)25-23-24-21-20(7-4-14-27(21)26-23)17-10-12-19(13-11-17)29-15-16-5-2-1-3-6-16;1-2/h1-7,10-14,18H,8-9,15H2,(H,25,26,28);1-2H3. The van der Waals surface area contributed by atoms with Gasteiger partial charge in [-0.3, -0.25) is 10.1 Å². The van der Waals surface area contributed by atoms with Gasteiger partial charge < -0.3 is 4.74 Å². The molecule has 1 amide bonds. The number of carbonyl (C=O) groups excluding carboxylic acids is 1. The maximum absolute atomic E-state index is 12.0. The Labute approximate surface area is 181 Å². The molecule has 31 heavy (non-hydrogen) atoms. The largest absolute Gasteiger partial charge is 0.489 e. The lowest BCUT2D eigenvalue weighted by Crippen LogP contribution is -2.14. The van der Waals surface area contributed by atoms with Gasteiger partial charge in [-0.15, -0.1) is 5.10 Å². The van der Waals surface area contributed by atoms with Gasteiger partial charge in [0.1, 0.15) is 12.4 Å². The molecule has 1 saturated carbocycles. The Morgan fingerprint density at radius 2 is 1.77 bits per heavy atom. The van der Waals surface area contributed by atoms with Crippen LogP contribution in [0.2, 0.25) is 0 Å². The molecule has 0 atom stereocenters. The molecule has 2 aromatic heterocycles. The van der Waals surface area contributed by atoms with Crippen molar-refractivity contribution in [1.82, 2.24) is 14.6 Å². The van der Waals surface area contributed by atoms with Gasteiger partial charge in [-0.2, -0.15) is 4.98 Å². The number of hydrogen-bond acceptors (Lipinski definition) is 4. The van der Waals surface area contributed by atoms with Gasteiger partial charge in [-0.25, -0.2) is 4.52 Å². The number of nitrogens with one attached hydrogen (secondary N) is 1. The molecule has 1 aliphatic carbocycles. The average Bonchev–Trinajstić information content (AvgIpc) is 3.60. The summed E-state index contributed by atoms with van der Waals surface area (Å²) in [4.78, 5) is 16.5. The molecule has 0 radical (unpaired) electrons. The van der Waals surface area contributed by atoms with E-state index < -0.39 is 0 Å². The smallest absolute Gasteiger partial charge is 0.249 e. The Kier molecular flexibility index (Phi) is 6.26. The SMILES string of the molecule is CC.O=C(Nc1nc2c(-c3ccc(OCc4ccccc4)cc3)cccn2n1)C1CC1. The fourth-order valence-electron chi connectivity index (χ4n) is 3.21. The van der Waals surface area contributed by atoms with Crippen molar-refractivity contribution in [3.05, 3.63) is 78.5 Å². The lowest BCUT2D eigenvalue weighted by atomic mass is 10.1. The third-order valence-corrected chi connectivity index (χ3v) is 4.96. The number of benzene rings is 2. The van der Waals surface area contributed by atoms with E-state index in [1.54, 1.807) is 4.52 Å². The number of amides is 1. The molecule has 0 unspecified atom stereocenters. The van der Waals surface area contributed by atoms with E-state index in [4.69, 9.17) is 4.74 Å². The van der Waals surface area contributed by atoms with Gasteiger partial charge in [-0.05, 0) is 48.2 Å². The van der Waals surface area contributed by atoms with Crippen molar-refractivity contribution in [3.8, 4) is 16.9 Å². The fraction of sp³-hybridized carbons (Fsp3) is 0.240. The minimum absolute atomic E-state index is 0.00220. The lowest BCUT2D eigenvalue weighted by molar-refractivity contribution is -0.117. The summed E-state index contributed by atoms with van der Waals surface area (Å²) >= 11 is 0. The predicted octanol–water partition coefficient (Wildman–Crippen LogP) is 5.35. The molecule has 1 aliphatic rings. The highest BCUT2D eigenvalue weighted by Crippen LogP contribution is 2.30. The number of fused-ring (bicyclic) bond motifs is 1. The number of carbonyl (C=O) groups is 1. The Morgan fingerprint density at radius 3 is 2.48 bits per heavy atom. The first-order valence-electron chi connectivity index (χ1n) is 10.7. The van der Waals surface area contributed by atoms with Crippen molar-refractivity contribution in [2.45, 2.75) is 33.3 Å². The van der Waals surface area contributed by atoms with Crippen LogP contribution in [-0.4, -0.2) is 20.5 Å². The second-order valence-corrected chi connectivity index (χ2v) is 7.19. The lowest BCUT2D eigenvalue weighted by Gasteiger charge is -2.08. The normalized spacial score (nSPS) is 12.7. The molecule has 4 aromatic rings. The summed E-state index contributed by atoms with van der Waals surface area (Å²) in [5, 5.41) is 7.19. The molecule has 6 heteroatoms. The van der Waals surface area contributed by atoms with Gasteiger partial charge in [0.15, 0.2) is 5.65 Å². The first-order valence-corrected chi connectivity index (χ1v) is 10.7. The molecule has 5 rings (SSSR count). The number of nitrogens with zero attached hydrogens (tertiary/aromatic N) is 3. The maximum atomic E-state index is 12.0. The molecule has 1 N–H and O–H groups in total. The van der Waals surface area contributed by atoms with Gasteiger partial charge in [-0.1, -0.05) is 56.3 Å². The van der Waals surface area contributed by atoms with Crippen molar-refractivity contribution < 1.29 is 9.53 Å². The summed E-state index contributed by atoms with van der Waals surface area (Å²) in [5.41, 5.74) is 3.79. The highest BCUT2D eigenvalue weighted by molar-refractivity contribution is 5.93. The summed E-state index contributed by atoms with van der Waals surface area (Å²) in [6.07, 6.45) is 3.72. The van der Waals surface area contributed by atoms with E-state index in [0.29, 0.717) is 18.2 Å². The molecule has 0 saturated heterocycles. The van der Waals surface area contributed by atoms with E-state index in [1.807, 2.05) is 86.8 Å². The van der Waals surface area contributed by atoms with E-state index in [0.717, 1.165) is 35.3 Å². The highest BCUT2D eigenvalue weighted by atomic mass is 16.5. The van der Waals surface area contributed by atoms with Crippen LogP contribution in [0.1, 0.15) is 32.3 Å². The molecule has 2 aromatic carbocycles. The van der Waals surface area contributed by atoms with E-state index in [2.05, 4.69) is 15.4 Å². The topological polar surface area (TPSA) is 68.5 Å². The average molecular weight is 415 g/mol. The number of pyridine rings is 1. The highest BCUT2D eigenvalue weighted by Gasteiger charge is 2.30. The van der Waals surface area contributed by atoms with E-state index in [-0.39, 0.29) is 11.8 Å². The molecular weight excluding hydrogens is 388 g/mol. The quantitative estimate of drug-likeness (QED) is 0.462. The Morgan fingerprint density at radius 1 is 1.03 bits per heavy atom. The molecule has 2 heterocycles. The van der Waals surface area contributed by atoms with Crippen molar-refractivity contribution in [3.63, 3.8) is 0 Å². The number of anilines is 1. The molecule has 158 valence electrons. The zero-order chi connectivity index (χ0) is 21.6. The van der Waals surface area contributed by atoms with Crippen LogP contribution in [0.4, 0.5) is 5.95 Å². The van der Waals surface area contributed by atoms with Crippen LogP contribution in [-0.2, 0) is 11.4 Å². The Bertz CT molecular complexity index is 1150. The first kappa shape index (κ1) is 20.6. The van der Waals surface area contributed by atoms with Crippen LogP contribution in [0, 0.1) is 5.92 Å². The second-order valence-electron chi connectivity index (χ2n) is 7.19. The van der Waals surface area contributed by atoms with Crippen LogP contribution >= 0.6 is 0 Å². The maximum Gasteiger partial charge on any atom is 0.249 e. The monoisotopic (exact) mass is 414 g/mol. The van der Waals surface area contributed by atoms with Crippen LogP contribution in [0.15, 0.2) is 72.9 Å². The summed E-state index contributed by atoms with van der Waals surface area (Å²) < 4.78 is 7.56. The van der Waals surface area contributed by atoms with Crippen molar-refractivity contribution >= 4 is 17.5 Å². The number of hydrogen-bond donors (Lipinski definition) is 1. The Balaban J connectivity index is 0.00000112. The molecular formula is C25H26N4O2. The second kappa shape index (κ2) is 9.43. The van der Waals surface area contributed by atoms with E-state index in [9.17, 15) is 4.79 Å². The van der Waals surface area contributed by atoms with Gasteiger partial charge in [0.05, 0.1) is 0 Å². The third-order valence-electron chi connectivity index (χ3n) is 4.96. The third kappa shape index (κ3) is 4.91. The first-order chi connectivity index (χ1) is 15.3. The molecule has 0 bridgehead atoms. The minimum atomic E-state index is 0.00220. The van der Waals surface area contributed by atoms with Crippen LogP contribution in [0.25, 0.3) is 16.8 Å². The fourth-order valence-corrected chi connectivity index (χ4v) is 3.21. The Hall–Kier alpha value is -3.67. The van der Waals surface area contributed by atoms with Crippen LogP contribution < -0.4 is 10.1 Å². The minimum Gasteiger partial charge on any atom is -0.489 e. The molecule has 0 aliphatic heterocycles. The van der Waals surface area contributed by atoms with Gasteiger partial charge in [0.25, 0.3) is 0 Å². The summed E-state index contributed by atoms with van der Waals surface area (Å²) in [6, 6.07) is 21.9. The zero-order valence-corrected chi connectivity index (χ0v) is 17.8. The predicted molar refractivity (Wildman–Crippen MR) is 122 cm³/mol. The summed E-state index contributed by atoms with van der Waals surface area (Å²) in [7, 11) is 0. The van der Waals surface area contributed by atoms with E-state index >= 15 is 0 Å². The molecule has 1 fully saturated rings. The number of aromatic nitrogens is 3. The van der Waals surface area contributed by atoms with Crippen LogP contribution in [0.3, 0.4) is 0 Å². The van der Waals surface area contributed by atoms with Gasteiger partial charge in [0, 0.05) is 17.7 Å². The van der Waals surface area contributed by atoms with Crippen LogP contribution in [0.5, 0.6) is 5.75 Å². The van der Waals surface area contributed by atoms with Gasteiger partial charge in [0.2, 0.25) is 11.9 Å². The van der Waals surface area contributed by atoms with Crippen molar-refractivity contribution in [2.24, 2.45) is 5.92 Å². The molecule has 6 nitrogen and oxygen atoms in total. The summed E-state index contributed by atoms with van der Waals surface area (Å²) in [5.74, 6) is 1.27.